The van der Waals surface area contributed by atoms with Gasteiger partial charge in [-0.15, -0.1) is 0 Å². The van der Waals surface area contributed by atoms with Crippen molar-refractivity contribution in [3.63, 3.8) is 0 Å². The van der Waals surface area contributed by atoms with Crippen molar-refractivity contribution in [1.82, 2.24) is 14.9 Å². The highest BCUT2D eigenvalue weighted by Gasteiger charge is 2.44. The van der Waals surface area contributed by atoms with Gasteiger partial charge in [0.2, 0.25) is 17.6 Å². The quantitative estimate of drug-likeness (QED) is 0.236. The number of ether oxygens (including phenoxy) is 4. The molecule has 0 unspecified atom stereocenters. The predicted octanol–water partition coefficient (Wildman–Crippen LogP) is 5.54. The third-order valence-electron chi connectivity index (χ3n) is 6.91. The van der Waals surface area contributed by atoms with Crippen molar-refractivity contribution >= 4 is 26.8 Å². The fourth-order valence-electron chi connectivity index (χ4n) is 4.90. The van der Waals surface area contributed by atoms with Crippen molar-refractivity contribution in [1.29, 1.82) is 0 Å². The Hall–Kier alpha value is -3.47. The Bertz CT molecular complexity index is 1480. The first kappa shape index (κ1) is 29.5. The number of nitrogens with zero attached hydrogens (tertiary/aromatic N) is 3. The molecular weight excluding hydrogens is 581 g/mol. The molecule has 0 saturated carbocycles. The Kier molecular flexibility index (Phi) is 9.12. The molecule has 4 rings (SSSR count). The molecule has 8 nitrogen and oxygen atoms in total. The average Bonchev–Trinajstić information content (AvgIpc) is 2.96. The Morgan fingerprint density at radius 1 is 0.900 bits per heavy atom. The summed E-state index contributed by atoms with van der Waals surface area (Å²) in [6.45, 7) is 0.473. The third-order valence-corrected chi connectivity index (χ3v) is 7.41. The van der Waals surface area contributed by atoms with E-state index in [1.165, 1.54) is 28.4 Å². The van der Waals surface area contributed by atoms with Crippen LogP contribution in [0.2, 0.25) is 0 Å². The minimum Gasteiger partial charge on any atom is -0.494 e. The van der Waals surface area contributed by atoms with E-state index in [9.17, 15) is 5.11 Å². The van der Waals surface area contributed by atoms with E-state index >= 15 is 4.39 Å². The third kappa shape index (κ3) is 5.84. The summed E-state index contributed by atoms with van der Waals surface area (Å²) in [6.07, 6.45) is 0.206. The number of aromatic nitrogens is 2. The number of aliphatic hydroxyl groups is 1. The highest BCUT2D eigenvalue weighted by Crippen LogP contribution is 2.49. The van der Waals surface area contributed by atoms with Gasteiger partial charge in [-0.1, -0.05) is 28.1 Å². The molecule has 10 heteroatoms. The van der Waals surface area contributed by atoms with E-state index in [0.29, 0.717) is 23.2 Å². The molecule has 4 aromatic rings. The molecule has 1 N–H and O–H groups in total. The van der Waals surface area contributed by atoms with Crippen LogP contribution < -0.4 is 18.9 Å². The van der Waals surface area contributed by atoms with Crippen molar-refractivity contribution in [2.45, 2.75) is 17.9 Å². The van der Waals surface area contributed by atoms with Crippen molar-refractivity contribution < 1.29 is 28.4 Å². The molecule has 2 heterocycles. The summed E-state index contributed by atoms with van der Waals surface area (Å²) in [5.74, 6) is -0.783. The molecule has 212 valence electrons. The molecule has 2 atom stereocenters. The number of halogens is 2. The molecular formula is C30H33BrFN3O5. The van der Waals surface area contributed by atoms with Crippen LogP contribution in [0.4, 0.5) is 4.39 Å². The first-order chi connectivity index (χ1) is 19.1. The molecule has 0 bridgehead atoms. The standard InChI is InChI=1S/C30H33BrFN3O5/c1-35(2)13-12-30(36,19-16-25(38-4)34-26(17-19)39-5)27(21-8-7-9-24(37-3)28(21)32)22-15-18-14-20(31)10-11-23(18)33-29(22)40-6/h7-11,14-17,27,36H,12-13H2,1-6H3/t27-,30-/m1/s1. The second kappa shape index (κ2) is 12.4. The highest BCUT2D eigenvalue weighted by molar-refractivity contribution is 9.10. The summed E-state index contributed by atoms with van der Waals surface area (Å²) in [5, 5.41) is 13.7. The van der Waals surface area contributed by atoms with Gasteiger partial charge in [-0.05, 0) is 56.4 Å². The first-order valence-corrected chi connectivity index (χ1v) is 13.4. The van der Waals surface area contributed by atoms with Crippen LogP contribution >= 0.6 is 15.9 Å². The van der Waals surface area contributed by atoms with Gasteiger partial charge in [0.15, 0.2) is 11.6 Å². The lowest BCUT2D eigenvalue weighted by atomic mass is 9.71. The zero-order chi connectivity index (χ0) is 29.0. The molecule has 0 amide bonds. The van der Waals surface area contributed by atoms with Gasteiger partial charge in [-0.3, -0.25) is 0 Å². The number of benzene rings is 2. The molecule has 2 aromatic carbocycles. The molecule has 2 aromatic heterocycles. The van der Waals surface area contributed by atoms with Crippen LogP contribution in [0.5, 0.6) is 23.4 Å². The number of rotatable bonds is 11. The molecule has 0 fully saturated rings. The minimum absolute atomic E-state index is 0.0535. The highest BCUT2D eigenvalue weighted by atomic mass is 79.9. The number of hydrogen-bond acceptors (Lipinski definition) is 8. The van der Waals surface area contributed by atoms with Crippen LogP contribution in [-0.2, 0) is 5.60 Å². The zero-order valence-corrected chi connectivity index (χ0v) is 25.0. The van der Waals surface area contributed by atoms with Gasteiger partial charge in [-0.25, -0.2) is 9.37 Å². The molecule has 0 saturated heterocycles. The number of methoxy groups -OCH3 is 4. The fourth-order valence-corrected chi connectivity index (χ4v) is 5.27. The Morgan fingerprint density at radius 3 is 2.20 bits per heavy atom. The van der Waals surface area contributed by atoms with E-state index in [1.807, 2.05) is 43.3 Å². The normalized spacial score (nSPS) is 13.7. The molecule has 0 radical (unpaired) electrons. The van der Waals surface area contributed by atoms with Gasteiger partial charge >= 0.3 is 0 Å². The predicted molar refractivity (Wildman–Crippen MR) is 155 cm³/mol. The maximum absolute atomic E-state index is 16.2. The number of fused-ring (bicyclic) bond motifs is 1. The van der Waals surface area contributed by atoms with Crippen LogP contribution in [-0.4, -0.2) is 69.1 Å². The maximum Gasteiger partial charge on any atom is 0.217 e. The topological polar surface area (TPSA) is 86.2 Å². The largest absolute Gasteiger partial charge is 0.494 e. The summed E-state index contributed by atoms with van der Waals surface area (Å²) in [7, 11) is 9.70. The van der Waals surface area contributed by atoms with Crippen molar-refractivity contribution in [2.75, 3.05) is 49.1 Å². The SMILES string of the molecule is COc1cc([C@](O)(CCN(C)C)[C@@H](c2cc3cc(Br)ccc3nc2OC)c2cccc(OC)c2F)cc(OC)n1. The second-order valence-corrected chi connectivity index (χ2v) is 10.6. The number of pyridine rings is 2. The molecule has 0 aliphatic heterocycles. The van der Waals surface area contributed by atoms with Gasteiger partial charge < -0.3 is 29.0 Å². The van der Waals surface area contributed by atoms with E-state index in [0.717, 1.165) is 9.86 Å². The lowest BCUT2D eigenvalue weighted by molar-refractivity contribution is 0.00233. The first-order valence-electron chi connectivity index (χ1n) is 12.6. The van der Waals surface area contributed by atoms with Crippen molar-refractivity contribution in [3.8, 4) is 23.4 Å². The lowest BCUT2D eigenvalue weighted by Gasteiger charge is -2.39. The maximum atomic E-state index is 16.2. The zero-order valence-electron chi connectivity index (χ0n) is 23.4. The summed E-state index contributed by atoms with van der Waals surface area (Å²) in [5.41, 5.74) is 0.121. The van der Waals surface area contributed by atoms with Gasteiger partial charge in [0.25, 0.3) is 0 Å². The number of hydrogen-bond donors (Lipinski definition) is 1. The van der Waals surface area contributed by atoms with Gasteiger partial charge in [0, 0.05) is 39.7 Å². The summed E-state index contributed by atoms with van der Waals surface area (Å²) < 4.78 is 39.0. The smallest absolute Gasteiger partial charge is 0.217 e. The van der Waals surface area contributed by atoms with E-state index in [4.69, 9.17) is 23.9 Å². The van der Waals surface area contributed by atoms with Crippen molar-refractivity contribution in [2.24, 2.45) is 0 Å². The second-order valence-electron chi connectivity index (χ2n) is 9.64. The van der Waals surface area contributed by atoms with E-state index < -0.39 is 17.3 Å². The van der Waals surface area contributed by atoms with Crippen LogP contribution in [0.1, 0.15) is 29.0 Å². The summed E-state index contributed by atoms with van der Waals surface area (Å²) >= 11 is 3.53. The fraction of sp³-hybridized carbons (Fsp3) is 0.333. The minimum atomic E-state index is -1.71. The van der Waals surface area contributed by atoms with Crippen LogP contribution in [0.15, 0.2) is 59.1 Å². The average molecular weight is 615 g/mol. The Morgan fingerprint density at radius 2 is 1.60 bits per heavy atom. The molecule has 40 heavy (non-hydrogen) atoms. The monoisotopic (exact) mass is 613 g/mol. The van der Waals surface area contributed by atoms with Gasteiger partial charge in [0.1, 0.15) is 5.60 Å². The van der Waals surface area contributed by atoms with Gasteiger partial charge in [0.05, 0.1) is 39.9 Å². The molecule has 0 aliphatic rings. The van der Waals surface area contributed by atoms with Crippen molar-refractivity contribution in [3.05, 3.63) is 81.6 Å². The molecule has 0 spiro atoms. The summed E-state index contributed by atoms with van der Waals surface area (Å²) in [6, 6.07) is 15.7. The van der Waals surface area contributed by atoms with Crippen LogP contribution in [0.25, 0.3) is 10.9 Å². The van der Waals surface area contributed by atoms with E-state index in [2.05, 4.69) is 20.9 Å². The lowest BCUT2D eigenvalue weighted by Crippen LogP contribution is -2.38. The van der Waals surface area contributed by atoms with Crippen LogP contribution in [0.3, 0.4) is 0 Å². The van der Waals surface area contributed by atoms with Crippen LogP contribution in [0, 0.1) is 5.82 Å². The molecule has 0 aliphatic carbocycles. The van der Waals surface area contributed by atoms with Gasteiger partial charge in [-0.2, -0.15) is 4.98 Å². The Balaban J connectivity index is 2.12. The van der Waals surface area contributed by atoms with E-state index in [-0.39, 0.29) is 35.4 Å². The summed E-state index contributed by atoms with van der Waals surface area (Å²) in [4.78, 5) is 11.0. The Labute approximate surface area is 241 Å². The van der Waals surface area contributed by atoms with E-state index in [1.54, 1.807) is 30.3 Å².